The number of ketones is 1. The second-order valence-corrected chi connectivity index (χ2v) is 4.96. The quantitative estimate of drug-likeness (QED) is 0.670. The Kier molecular flexibility index (Phi) is 4.47. The Balaban J connectivity index is 2.04. The molecule has 0 aliphatic heterocycles. The van der Waals surface area contributed by atoms with E-state index in [4.69, 9.17) is 4.74 Å². The van der Waals surface area contributed by atoms with Crippen LogP contribution in [0.2, 0.25) is 0 Å². The van der Waals surface area contributed by atoms with Gasteiger partial charge in [-0.25, -0.2) is 0 Å². The Bertz CT molecular complexity index is 567. The number of aromatic hydroxyl groups is 1. The van der Waals surface area contributed by atoms with Crippen LogP contribution in [0.15, 0.2) is 53.4 Å². The number of benzene rings is 2. The van der Waals surface area contributed by atoms with Gasteiger partial charge in [0, 0.05) is 11.0 Å². The highest BCUT2D eigenvalue weighted by Gasteiger charge is 2.12. The van der Waals surface area contributed by atoms with Crippen LogP contribution in [0.25, 0.3) is 0 Å². The average molecular weight is 274 g/mol. The molecule has 4 heteroatoms. The monoisotopic (exact) mass is 274 g/mol. The fraction of sp³-hybridized carbons (Fsp3) is 0.133. The number of Topliss-reactive ketones (excluding diaryl/α,β-unsaturated/α-hetero) is 1. The fourth-order valence-electron chi connectivity index (χ4n) is 1.62. The molecule has 19 heavy (non-hydrogen) atoms. The van der Waals surface area contributed by atoms with E-state index >= 15 is 0 Å². The largest absolute Gasteiger partial charge is 0.507 e. The van der Waals surface area contributed by atoms with E-state index in [1.807, 2.05) is 30.3 Å². The maximum absolute atomic E-state index is 12.0. The van der Waals surface area contributed by atoms with Gasteiger partial charge >= 0.3 is 0 Å². The van der Waals surface area contributed by atoms with Crippen molar-refractivity contribution in [2.45, 2.75) is 4.90 Å². The maximum atomic E-state index is 12.0. The summed E-state index contributed by atoms with van der Waals surface area (Å²) in [6, 6.07) is 14.4. The predicted octanol–water partition coefficient (Wildman–Crippen LogP) is 3.38. The number of rotatable bonds is 5. The van der Waals surface area contributed by atoms with Crippen LogP contribution in [0.5, 0.6) is 11.5 Å². The first-order valence-corrected chi connectivity index (χ1v) is 6.77. The lowest BCUT2D eigenvalue weighted by atomic mass is 10.1. The van der Waals surface area contributed by atoms with Gasteiger partial charge in [0.2, 0.25) is 0 Å². The molecule has 2 aromatic carbocycles. The third-order valence-electron chi connectivity index (χ3n) is 2.62. The van der Waals surface area contributed by atoms with Crippen LogP contribution in [0.3, 0.4) is 0 Å². The minimum atomic E-state index is -0.103. The summed E-state index contributed by atoms with van der Waals surface area (Å²) in [4.78, 5) is 13.0. The van der Waals surface area contributed by atoms with E-state index < -0.39 is 0 Å². The first-order chi connectivity index (χ1) is 9.20. The Labute approximate surface area is 116 Å². The molecular weight excluding hydrogens is 260 g/mol. The van der Waals surface area contributed by atoms with Gasteiger partial charge in [-0.15, -0.1) is 11.8 Å². The summed E-state index contributed by atoms with van der Waals surface area (Å²) >= 11 is 1.45. The molecule has 0 saturated heterocycles. The molecule has 0 amide bonds. The molecule has 2 rings (SSSR count). The number of phenolic OH excluding ortho intramolecular Hbond substituents is 1. The SMILES string of the molecule is COc1ccc(C(=O)CSc2ccccc2)c(O)c1. The van der Waals surface area contributed by atoms with Crippen molar-refractivity contribution in [3.63, 3.8) is 0 Å². The molecule has 1 N–H and O–H groups in total. The van der Waals surface area contributed by atoms with E-state index in [-0.39, 0.29) is 11.5 Å². The second-order valence-electron chi connectivity index (χ2n) is 3.91. The third-order valence-corrected chi connectivity index (χ3v) is 3.63. The number of thioether (sulfide) groups is 1. The highest BCUT2D eigenvalue weighted by Crippen LogP contribution is 2.26. The van der Waals surface area contributed by atoms with Gasteiger partial charge < -0.3 is 9.84 Å². The summed E-state index contributed by atoms with van der Waals surface area (Å²) in [7, 11) is 1.52. The predicted molar refractivity (Wildman–Crippen MR) is 76.2 cm³/mol. The smallest absolute Gasteiger partial charge is 0.176 e. The lowest BCUT2D eigenvalue weighted by Crippen LogP contribution is -2.02. The van der Waals surface area contributed by atoms with Crippen LogP contribution >= 0.6 is 11.8 Å². The number of carbonyl (C=O) groups is 1. The summed E-state index contributed by atoms with van der Waals surface area (Å²) in [5, 5.41) is 9.78. The summed E-state index contributed by atoms with van der Waals surface area (Å²) in [6.07, 6.45) is 0. The van der Waals surface area contributed by atoms with Crippen molar-refractivity contribution in [2.75, 3.05) is 12.9 Å². The molecule has 0 radical (unpaired) electrons. The molecule has 3 nitrogen and oxygen atoms in total. The second kappa shape index (κ2) is 6.29. The summed E-state index contributed by atoms with van der Waals surface area (Å²) < 4.78 is 4.98. The minimum Gasteiger partial charge on any atom is -0.507 e. The van der Waals surface area contributed by atoms with Crippen LogP contribution in [-0.2, 0) is 0 Å². The van der Waals surface area contributed by atoms with Crippen molar-refractivity contribution >= 4 is 17.5 Å². The van der Waals surface area contributed by atoms with Crippen molar-refractivity contribution in [3.05, 3.63) is 54.1 Å². The molecule has 0 fully saturated rings. The van der Waals surface area contributed by atoms with Crippen LogP contribution in [0.1, 0.15) is 10.4 Å². The van der Waals surface area contributed by atoms with E-state index in [1.165, 1.54) is 24.9 Å². The zero-order chi connectivity index (χ0) is 13.7. The number of ether oxygens (including phenoxy) is 1. The van der Waals surface area contributed by atoms with Crippen molar-refractivity contribution in [1.29, 1.82) is 0 Å². The standard InChI is InChI=1S/C15H14O3S/c1-18-11-7-8-13(14(16)9-11)15(17)10-19-12-5-3-2-4-6-12/h2-9,16H,10H2,1H3. The van der Waals surface area contributed by atoms with Crippen molar-refractivity contribution in [1.82, 2.24) is 0 Å². The number of hydrogen-bond acceptors (Lipinski definition) is 4. The summed E-state index contributed by atoms with van der Waals surface area (Å²) in [5.74, 6) is 0.681. The molecule has 0 spiro atoms. The normalized spacial score (nSPS) is 10.2. The number of hydrogen-bond donors (Lipinski definition) is 1. The highest BCUT2D eigenvalue weighted by atomic mass is 32.2. The van der Waals surface area contributed by atoms with E-state index in [0.29, 0.717) is 17.1 Å². The van der Waals surface area contributed by atoms with Gasteiger partial charge in [-0.1, -0.05) is 18.2 Å². The molecule has 0 aromatic heterocycles. The first-order valence-electron chi connectivity index (χ1n) is 5.79. The van der Waals surface area contributed by atoms with Gasteiger partial charge in [0.25, 0.3) is 0 Å². The topological polar surface area (TPSA) is 46.5 Å². The van der Waals surface area contributed by atoms with E-state index in [9.17, 15) is 9.90 Å². The zero-order valence-corrected chi connectivity index (χ0v) is 11.3. The third kappa shape index (κ3) is 3.51. The van der Waals surface area contributed by atoms with Crippen LogP contribution in [0, 0.1) is 0 Å². The van der Waals surface area contributed by atoms with Crippen molar-refractivity contribution in [2.24, 2.45) is 0 Å². The molecule has 0 bridgehead atoms. The fourth-order valence-corrected chi connectivity index (χ4v) is 2.42. The number of phenols is 1. The van der Waals surface area contributed by atoms with Crippen LogP contribution in [0.4, 0.5) is 0 Å². The van der Waals surface area contributed by atoms with Gasteiger partial charge in [0.15, 0.2) is 5.78 Å². The van der Waals surface area contributed by atoms with Crippen molar-refractivity contribution < 1.29 is 14.6 Å². The molecular formula is C15H14O3S. The summed E-state index contributed by atoms with van der Waals surface area (Å²) in [6.45, 7) is 0. The molecule has 2 aromatic rings. The Morgan fingerprint density at radius 1 is 1.21 bits per heavy atom. The van der Waals surface area contributed by atoms with Crippen LogP contribution in [-0.4, -0.2) is 23.8 Å². The highest BCUT2D eigenvalue weighted by molar-refractivity contribution is 8.00. The van der Waals surface area contributed by atoms with Gasteiger partial charge in [0.1, 0.15) is 11.5 Å². The maximum Gasteiger partial charge on any atom is 0.176 e. The van der Waals surface area contributed by atoms with E-state index in [1.54, 1.807) is 12.1 Å². The lowest BCUT2D eigenvalue weighted by Gasteiger charge is -2.06. The zero-order valence-electron chi connectivity index (χ0n) is 10.5. The lowest BCUT2D eigenvalue weighted by molar-refractivity contribution is 0.102. The summed E-state index contributed by atoms with van der Waals surface area (Å²) in [5.41, 5.74) is 0.323. The molecule has 0 saturated carbocycles. The number of carbonyl (C=O) groups excluding carboxylic acids is 1. The minimum absolute atomic E-state index is 0.0435. The molecule has 0 aliphatic carbocycles. The van der Waals surface area contributed by atoms with Gasteiger partial charge in [-0.3, -0.25) is 4.79 Å². The molecule has 0 atom stereocenters. The Hall–Kier alpha value is -1.94. The van der Waals surface area contributed by atoms with Gasteiger partial charge in [0.05, 0.1) is 18.4 Å². The molecule has 0 aliphatic rings. The molecule has 98 valence electrons. The Morgan fingerprint density at radius 3 is 2.58 bits per heavy atom. The Morgan fingerprint density at radius 2 is 1.95 bits per heavy atom. The van der Waals surface area contributed by atoms with Gasteiger partial charge in [-0.2, -0.15) is 0 Å². The first kappa shape index (κ1) is 13.5. The average Bonchev–Trinajstić information content (AvgIpc) is 2.45. The molecule has 0 unspecified atom stereocenters. The molecule has 0 heterocycles. The van der Waals surface area contributed by atoms with Gasteiger partial charge in [-0.05, 0) is 24.3 Å². The number of methoxy groups -OCH3 is 1. The van der Waals surface area contributed by atoms with E-state index in [2.05, 4.69) is 0 Å². The van der Waals surface area contributed by atoms with Crippen molar-refractivity contribution in [3.8, 4) is 11.5 Å². The van der Waals surface area contributed by atoms with E-state index in [0.717, 1.165) is 4.90 Å². The van der Waals surface area contributed by atoms with Crippen LogP contribution < -0.4 is 4.74 Å².